The van der Waals surface area contributed by atoms with Crippen LogP contribution in [-0.4, -0.2) is 31.2 Å². The average molecular weight is 248 g/mol. The first-order valence-electron chi connectivity index (χ1n) is 6.43. The highest BCUT2D eigenvalue weighted by Crippen LogP contribution is 2.25. The average Bonchev–Trinajstić information content (AvgIpc) is 2.80. The molecule has 1 aromatic carbocycles. The van der Waals surface area contributed by atoms with Crippen LogP contribution in [0.15, 0.2) is 24.3 Å². The van der Waals surface area contributed by atoms with E-state index < -0.39 is 0 Å². The van der Waals surface area contributed by atoms with Crippen LogP contribution in [-0.2, 0) is 16.0 Å². The van der Waals surface area contributed by atoms with Crippen LogP contribution in [0.5, 0.6) is 0 Å². The second-order valence-corrected chi connectivity index (χ2v) is 4.63. The van der Waals surface area contributed by atoms with E-state index in [0.29, 0.717) is 13.2 Å². The standard InChI is InChI=1S/C14H20N2O2/c1-3-18-9-10(2)15-14(17)13-8-11-6-4-5-7-12(11)16-13/h4-7,10,13,16H,3,8-9H2,1-2H3,(H,15,17). The van der Waals surface area contributed by atoms with Crippen molar-refractivity contribution in [3.63, 3.8) is 0 Å². The molecular weight excluding hydrogens is 228 g/mol. The Balaban J connectivity index is 1.85. The second kappa shape index (κ2) is 5.87. The largest absolute Gasteiger partial charge is 0.380 e. The monoisotopic (exact) mass is 248 g/mol. The predicted molar refractivity (Wildman–Crippen MR) is 71.7 cm³/mol. The SMILES string of the molecule is CCOCC(C)NC(=O)C1Cc2ccccc2N1. The lowest BCUT2D eigenvalue weighted by Gasteiger charge is -2.17. The van der Waals surface area contributed by atoms with Crippen LogP contribution in [0.1, 0.15) is 19.4 Å². The summed E-state index contributed by atoms with van der Waals surface area (Å²) in [7, 11) is 0. The van der Waals surface area contributed by atoms with E-state index in [9.17, 15) is 4.79 Å². The maximum atomic E-state index is 12.1. The maximum absolute atomic E-state index is 12.1. The van der Waals surface area contributed by atoms with Gasteiger partial charge in [-0.2, -0.15) is 0 Å². The number of nitrogens with one attached hydrogen (secondary N) is 2. The highest BCUT2D eigenvalue weighted by molar-refractivity contribution is 5.87. The summed E-state index contributed by atoms with van der Waals surface area (Å²) in [5.41, 5.74) is 2.27. The highest BCUT2D eigenvalue weighted by Gasteiger charge is 2.26. The number of carbonyl (C=O) groups is 1. The molecule has 1 aliphatic heterocycles. The van der Waals surface area contributed by atoms with Crippen molar-refractivity contribution in [1.82, 2.24) is 5.32 Å². The summed E-state index contributed by atoms with van der Waals surface area (Å²) in [6.07, 6.45) is 0.753. The van der Waals surface area contributed by atoms with Crippen molar-refractivity contribution in [1.29, 1.82) is 0 Å². The minimum atomic E-state index is -0.161. The number of para-hydroxylation sites is 1. The van der Waals surface area contributed by atoms with E-state index in [0.717, 1.165) is 12.1 Å². The Morgan fingerprint density at radius 2 is 2.33 bits per heavy atom. The van der Waals surface area contributed by atoms with Gasteiger partial charge in [-0.25, -0.2) is 0 Å². The van der Waals surface area contributed by atoms with Crippen molar-refractivity contribution in [3.8, 4) is 0 Å². The van der Waals surface area contributed by atoms with Gasteiger partial charge in [0.1, 0.15) is 6.04 Å². The molecule has 2 rings (SSSR count). The van der Waals surface area contributed by atoms with Crippen LogP contribution >= 0.6 is 0 Å². The molecular formula is C14H20N2O2. The first-order chi connectivity index (χ1) is 8.70. The number of anilines is 1. The summed E-state index contributed by atoms with van der Waals surface area (Å²) in [5.74, 6) is 0.0402. The minimum Gasteiger partial charge on any atom is -0.380 e. The number of rotatable bonds is 5. The zero-order chi connectivity index (χ0) is 13.0. The second-order valence-electron chi connectivity index (χ2n) is 4.63. The Labute approximate surface area is 108 Å². The molecule has 2 N–H and O–H groups in total. The summed E-state index contributed by atoms with van der Waals surface area (Å²) in [5, 5.41) is 6.21. The van der Waals surface area contributed by atoms with E-state index in [1.165, 1.54) is 5.56 Å². The van der Waals surface area contributed by atoms with E-state index in [1.807, 2.05) is 32.0 Å². The summed E-state index contributed by atoms with van der Waals surface area (Å²) < 4.78 is 5.29. The summed E-state index contributed by atoms with van der Waals surface area (Å²) in [6.45, 7) is 5.13. The van der Waals surface area contributed by atoms with E-state index in [-0.39, 0.29) is 18.0 Å². The van der Waals surface area contributed by atoms with Crippen molar-refractivity contribution in [2.75, 3.05) is 18.5 Å². The van der Waals surface area contributed by atoms with Gasteiger partial charge in [0.05, 0.1) is 6.61 Å². The number of carbonyl (C=O) groups excluding carboxylic acids is 1. The topological polar surface area (TPSA) is 50.4 Å². The van der Waals surface area contributed by atoms with Gasteiger partial charge in [0.15, 0.2) is 0 Å². The maximum Gasteiger partial charge on any atom is 0.243 e. The summed E-state index contributed by atoms with van der Waals surface area (Å²) >= 11 is 0. The van der Waals surface area contributed by atoms with Crippen LogP contribution in [0.25, 0.3) is 0 Å². The zero-order valence-electron chi connectivity index (χ0n) is 10.9. The Morgan fingerprint density at radius 1 is 1.56 bits per heavy atom. The molecule has 1 amide bonds. The molecule has 2 atom stereocenters. The molecule has 18 heavy (non-hydrogen) atoms. The molecule has 0 fully saturated rings. The molecule has 0 aromatic heterocycles. The van der Waals surface area contributed by atoms with Gasteiger partial charge in [-0.1, -0.05) is 18.2 Å². The fraction of sp³-hybridized carbons (Fsp3) is 0.500. The van der Waals surface area contributed by atoms with Gasteiger partial charge in [-0.05, 0) is 25.5 Å². The third kappa shape index (κ3) is 3.01. The van der Waals surface area contributed by atoms with Crippen molar-refractivity contribution >= 4 is 11.6 Å². The molecule has 0 saturated heterocycles. The Hall–Kier alpha value is -1.55. The molecule has 0 saturated carbocycles. The normalized spacial score (nSPS) is 18.9. The molecule has 1 aromatic rings. The summed E-state index contributed by atoms with van der Waals surface area (Å²) in [4.78, 5) is 12.1. The fourth-order valence-corrected chi connectivity index (χ4v) is 2.14. The molecule has 0 bridgehead atoms. The van der Waals surface area contributed by atoms with E-state index >= 15 is 0 Å². The van der Waals surface area contributed by atoms with E-state index in [4.69, 9.17) is 4.74 Å². The van der Waals surface area contributed by atoms with Crippen LogP contribution in [0.2, 0.25) is 0 Å². The van der Waals surface area contributed by atoms with E-state index in [1.54, 1.807) is 0 Å². The van der Waals surface area contributed by atoms with Gasteiger partial charge in [0.2, 0.25) is 5.91 Å². The quantitative estimate of drug-likeness (QED) is 0.831. The number of fused-ring (bicyclic) bond motifs is 1. The Morgan fingerprint density at radius 3 is 3.06 bits per heavy atom. The molecule has 0 radical (unpaired) electrons. The first-order valence-corrected chi connectivity index (χ1v) is 6.43. The molecule has 4 nitrogen and oxygen atoms in total. The minimum absolute atomic E-state index is 0.0402. The number of hydrogen-bond acceptors (Lipinski definition) is 3. The number of hydrogen-bond donors (Lipinski definition) is 2. The van der Waals surface area contributed by atoms with Crippen molar-refractivity contribution in [2.45, 2.75) is 32.4 Å². The predicted octanol–water partition coefficient (Wildman–Crippen LogP) is 1.56. The Kier molecular flexibility index (Phi) is 4.20. The fourth-order valence-electron chi connectivity index (χ4n) is 2.14. The number of amides is 1. The van der Waals surface area contributed by atoms with Gasteiger partial charge in [-0.15, -0.1) is 0 Å². The third-order valence-electron chi connectivity index (χ3n) is 3.05. The van der Waals surface area contributed by atoms with Gasteiger partial charge in [0.25, 0.3) is 0 Å². The number of ether oxygens (including phenoxy) is 1. The van der Waals surface area contributed by atoms with Crippen LogP contribution < -0.4 is 10.6 Å². The first kappa shape index (κ1) is 12.9. The molecule has 1 heterocycles. The Bertz CT molecular complexity index is 395. The lowest BCUT2D eigenvalue weighted by Crippen LogP contribution is -2.44. The third-order valence-corrected chi connectivity index (χ3v) is 3.05. The van der Waals surface area contributed by atoms with Gasteiger partial charge < -0.3 is 15.4 Å². The van der Waals surface area contributed by atoms with Crippen molar-refractivity contribution < 1.29 is 9.53 Å². The molecule has 0 aliphatic carbocycles. The van der Waals surface area contributed by atoms with Crippen LogP contribution in [0.4, 0.5) is 5.69 Å². The van der Waals surface area contributed by atoms with Crippen molar-refractivity contribution in [2.24, 2.45) is 0 Å². The lowest BCUT2D eigenvalue weighted by molar-refractivity contribution is -0.122. The van der Waals surface area contributed by atoms with Gasteiger partial charge >= 0.3 is 0 Å². The van der Waals surface area contributed by atoms with Crippen LogP contribution in [0, 0.1) is 0 Å². The molecule has 4 heteroatoms. The number of benzene rings is 1. The summed E-state index contributed by atoms with van der Waals surface area (Å²) in [6, 6.07) is 7.92. The molecule has 98 valence electrons. The lowest BCUT2D eigenvalue weighted by atomic mass is 10.1. The molecule has 2 unspecified atom stereocenters. The molecule has 0 spiro atoms. The van der Waals surface area contributed by atoms with E-state index in [2.05, 4.69) is 16.7 Å². The zero-order valence-corrected chi connectivity index (χ0v) is 10.9. The highest BCUT2D eigenvalue weighted by atomic mass is 16.5. The van der Waals surface area contributed by atoms with Crippen molar-refractivity contribution in [3.05, 3.63) is 29.8 Å². The smallest absolute Gasteiger partial charge is 0.243 e. The molecule has 1 aliphatic rings. The van der Waals surface area contributed by atoms with Crippen LogP contribution in [0.3, 0.4) is 0 Å². The van der Waals surface area contributed by atoms with Gasteiger partial charge in [-0.3, -0.25) is 4.79 Å². The van der Waals surface area contributed by atoms with Gasteiger partial charge in [0, 0.05) is 24.8 Å².